The molecule has 0 saturated heterocycles. The summed E-state index contributed by atoms with van der Waals surface area (Å²) < 4.78 is 0. The van der Waals surface area contributed by atoms with Crippen molar-refractivity contribution in [2.45, 2.75) is 20.0 Å². The van der Waals surface area contributed by atoms with Gasteiger partial charge in [-0.15, -0.1) is 0 Å². The molecular weight excluding hydrogens is 232 g/mol. The molecule has 0 amide bonds. The zero-order valence-corrected chi connectivity index (χ0v) is 11.2. The van der Waals surface area contributed by atoms with Crippen LogP contribution in [-0.2, 0) is 13.1 Å². The molecule has 0 aromatic heterocycles. The summed E-state index contributed by atoms with van der Waals surface area (Å²) >= 11 is 0. The fraction of sp³-hybridized carbons (Fsp3) is 0.235. The van der Waals surface area contributed by atoms with Crippen molar-refractivity contribution in [3.63, 3.8) is 0 Å². The van der Waals surface area contributed by atoms with E-state index in [9.17, 15) is 0 Å². The average Bonchev–Trinajstić information content (AvgIpc) is 2.48. The molecule has 0 aliphatic carbocycles. The Kier molecular flexibility index (Phi) is 4.72. The van der Waals surface area contributed by atoms with Gasteiger partial charge >= 0.3 is 0 Å². The molecule has 0 bridgehead atoms. The maximum Gasteiger partial charge on any atom is 0.0991 e. The monoisotopic (exact) mass is 250 g/mol. The van der Waals surface area contributed by atoms with Gasteiger partial charge in [0.2, 0.25) is 0 Å². The second-order valence-electron chi connectivity index (χ2n) is 4.60. The maximum absolute atomic E-state index is 8.79. The van der Waals surface area contributed by atoms with E-state index in [1.807, 2.05) is 30.3 Å². The van der Waals surface area contributed by atoms with Gasteiger partial charge in [0.05, 0.1) is 11.6 Å². The van der Waals surface area contributed by atoms with Crippen molar-refractivity contribution < 1.29 is 0 Å². The summed E-state index contributed by atoms with van der Waals surface area (Å²) in [4.78, 5) is 2.39. The molecule has 0 N–H and O–H groups in total. The van der Waals surface area contributed by atoms with Gasteiger partial charge in [-0.2, -0.15) is 5.26 Å². The van der Waals surface area contributed by atoms with Gasteiger partial charge in [0.15, 0.2) is 0 Å². The summed E-state index contributed by atoms with van der Waals surface area (Å²) in [7, 11) is 0. The zero-order chi connectivity index (χ0) is 13.5. The Morgan fingerprint density at radius 2 is 1.47 bits per heavy atom. The summed E-state index contributed by atoms with van der Waals surface area (Å²) in [6.07, 6.45) is 0. The second kappa shape index (κ2) is 6.72. The molecule has 0 heterocycles. The Labute approximate surface area is 114 Å². The fourth-order valence-electron chi connectivity index (χ4n) is 2.06. The number of nitrogens with zero attached hydrogens (tertiary/aromatic N) is 2. The van der Waals surface area contributed by atoms with Crippen LogP contribution >= 0.6 is 0 Å². The molecule has 0 atom stereocenters. The minimum atomic E-state index is 0.717. The van der Waals surface area contributed by atoms with Crippen LogP contribution in [0.4, 0.5) is 0 Å². The largest absolute Gasteiger partial charge is 0.295 e. The molecule has 2 heteroatoms. The van der Waals surface area contributed by atoms with Crippen molar-refractivity contribution in [3.05, 3.63) is 71.3 Å². The summed E-state index contributed by atoms with van der Waals surface area (Å²) in [6.45, 7) is 5.05. The first-order chi connectivity index (χ1) is 9.31. The lowest BCUT2D eigenvalue weighted by molar-refractivity contribution is 0.271. The van der Waals surface area contributed by atoms with Gasteiger partial charge in [-0.3, -0.25) is 4.90 Å². The van der Waals surface area contributed by atoms with Gasteiger partial charge < -0.3 is 0 Å². The van der Waals surface area contributed by atoms with Crippen LogP contribution in [0.15, 0.2) is 54.6 Å². The van der Waals surface area contributed by atoms with Crippen LogP contribution in [0.1, 0.15) is 23.6 Å². The van der Waals surface area contributed by atoms with Gasteiger partial charge in [0, 0.05) is 13.1 Å². The Bertz CT molecular complexity index is 538. The highest BCUT2D eigenvalue weighted by molar-refractivity contribution is 5.31. The molecule has 19 heavy (non-hydrogen) atoms. The van der Waals surface area contributed by atoms with E-state index in [0.717, 1.165) is 25.2 Å². The predicted octanol–water partition coefficient (Wildman–Crippen LogP) is 3.58. The minimum absolute atomic E-state index is 0.717. The van der Waals surface area contributed by atoms with E-state index in [0.29, 0.717) is 0 Å². The van der Waals surface area contributed by atoms with Crippen LogP contribution in [0.2, 0.25) is 0 Å². The highest BCUT2D eigenvalue weighted by Gasteiger charge is 2.04. The molecule has 0 aliphatic rings. The van der Waals surface area contributed by atoms with Crippen LogP contribution in [0.3, 0.4) is 0 Å². The zero-order valence-electron chi connectivity index (χ0n) is 11.2. The normalized spacial score (nSPS) is 10.4. The van der Waals surface area contributed by atoms with Gasteiger partial charge in [-0.05, 0) is 29.8 Å². The van der Waals surface area contributed by atoms with E-state index in [-0.39, 0.29) is 0 Å². The van der Waals surface area contributed by atoms with Crippen LogP contribution < -0.4 is 0 Å². The van der Waals surface area contributed by atoms with Gasteiger partial charge in [0.1, 0.15) is 0 Å². The third-order valence-corrected chi connectivity index (χ3v) is 3.19. The SMILES string of the molecule is CCN(Cc1ccccc1)Cc1ccc(C#N)cc1. The van der Waals surface area contributed by atoms with E-state index in [1.54, 1.807) is 0 Å². The van der Waals surface area contributed by atoms with Gasteiger partial charge in [-0.1, -0.05) is 49.4 Å². The van der Waals surface area contributed by atoms with Crippen molar-refractivity contribution in [2.24, 2.45) is 0 Å². The molecule has 2 aromatic carbocycles. The molecule has 0 radical (unpaired) electrons. The highest BCUT2D eigenvalue weighted by atomic mass is 15.1. The van der Waals surface area contributed by atoms with E-state index >= 15 is 0 Å². The van der Waals surface area contributed by atoms with Crippen molar-refractivity contribution >= 4 is 0 Å². The van der Waals surface area contributed by atoms with E-state index in [2.05, 4.69) is 42.2 Å². The van der Waals surface area contributed by atoms with Crippen molar-refractivity contribution in [3.8, 4) is 6.07 Å². The number of hydrogen-bond donors (Lipinski definition) is 0. The Balaban J connectivity index is 2.00. The van der Waals surface area contributed by atoms with Gasteiger partial charge in [-0.25, -0.2) is 0 Å². The highest BCUT2D eigenvalue weighted by Crippen LogP contribution is 2.10. The average molecular weight is 250 g/mol. The van der Waals surface area contributed by atoms with E-state index < -0.39 is 0 Å². The Hall–Kier alpha value is -2.11. The first-order valence-electron chi connectivity index (χ1n) is 6.57. The molecule has 0 saturated carbocycles. The van der Waals surface area contributed by atoms with E-state index in [1.165, 1.54) is 11.1 Å². The molecule has 96 valence electrons. The lowest BCUT2D eigenvalue weighted by Gasteiger charge is -2.20. The number of benzene rings is 2. The lowest BCUT2D eigenvalue weighted by atomic mass is 10.1. The maximum atomic E-state index is 8.79. The first kappa shape index (κ1) is 13.3. The summed E-state index contributed by atoms with van der Waals surface area (Å²) in [5, 5.41) is 8.79. The van der Waals surface area contributed by atoms with Crippen LogP contribution in [0, 0.1) is 11.3 Å². The number of nitriles is 1. The first-order valence-corrected chi connectivity index (χ1v) is 6.57. The molecule has 0 aliphatic heterocycles. The van der Waals surface area contributed by atoms with E-state index in [4.69, 9.17) is 5.26 Å². The van der Waals surface area contributed by atoms with Crippen LogP contribution in [0.25, 0.3) is 0 Å². The predicted molar refractivity (Wildman–Crippen MR) is 77.4 cm³/mol. The molecule has 2 nitrogen and oxygen atoms in total. The second-order valence-corrected chi connectivity index (χ2v) is 4.60. The number of rotatable bonds is 5. The summed E-state index contributed by atoms with van der Waals surface area (Å²) in [5.41, 5.74) is 3.30. The topological polar surface area (TPSA) is 27.0 Å². The number of hydrogen-bond acceptors (Lipinski definition) is 2. The Morgan fingerprint density at radius 3 is 2.00 bits per heavy atom. The van der Waals surface area contributed by atoms with Gasteiger partial charge in [0.25, 0.3) is 0 Å². The lowest BCUT2D eigenvalue weighted by Crippen LogP contribution is -2.22. The van der Waals surface area contributed by atoms with Crippen molar-refractivity contribution in [2.75, 3.05) is 6.54 Å². The molecule has 0 fully saturated rings. The summed E-state index contributed by atoms with van der Waals surface area (Å²) in [5.74, 6) is 0. The third kappa shape index (κ3) is 3.94. The minimum Gasteiger partial charge on any atom is -0.295 e. The Morgan fingerprint density at radius 1 is 0.895 bits per heavy atom. The van der Waals surface area contributed by atoms with Crippen LogP contribution in [0.5, 0.6) is 0 Å². The summed E-state index contributed by atoms with van der Waals surface area (Å²) in [6, 6.07) is 20.5. The van der Waals surface area contributed by atoms with Crippen molar-refractivity contribution in [1.29, 1.82) is 5.26 Å². The van der Waals surface area contributed by atoms with Crippen LogP contribution in [-0.4, -0.2) is 11.4 Å². The standard InChI is InChI=1S/C17H18N2/c1-2-19(13-16-6-4-3-5-7-16)14-17-10-8-15(12-18)9-11-17/h3-11H,2,13-14H2,1H3. The third-order valence-electron chi connectivity index (χ3n) is 3.19. The molecular formula is C17H18N2. The molecule has 2 rings (SSSR count). The quantitative estimate of drug-likeness (QED) is 0.811. The van der Waals surface area contributed by atoms with Crippen molar-refractivity contribution in [1.82, 2.24) is 4.90 Å². The molecule has 0 unspecified atom stereocenters. The fourth-order valence-corrected chi connectivity index (χ4v) is 2.06. The molecule has 0 spiro atoms. The molecule has 2 aromatic rings. The smallest absolute Gasteiger partial charge is 0.0991 e.